The summed E-state index contributed by atoms with van der Waals surface area (Å²) in [5.41, 5.74) is -0.643. The number of hydrogen-bond acceptors (Lipinski definition) is 9. The number of ether oxygens (including phenoxy) is 1. The molecule has 1 aromatic heterocycles. The summed E-state index contributed by atoms with van der Waals surface area (Å²) in [7, 11) is 5.19. The van der Waals surface area contributed by atoms with Crippen LogP contribution in [-0.2, 0) is 0 Å². The predicted molar refractivity (Wildman–Crippen MR) is 123 cm³/mol. The highest BCUT2D eigenvalue weighted by Crippen LogP contribution is 2.35. The van der Waals surface area contributed by atoms with Crippen molar-refractivity contribution in [3.63, 3.8) is 0 Å². The molecule has 32 heavy (non-hydrogen) atoms. The van der Waals surface area contributed by atoms with Crippen LogP contribution in [0.5, 0.6) is 5.75 Å². The van der Waals surface area contributed by atoms with E-state index in [-0.39, 0.29) is 24.5 Å². The van der Waals surface area contributed by atoms with E-state index in [1.807, 2.05) is 25.1 Å². The molecule has 170 valence electrons. The zero-order valence-electron chi connectivity index (χ0n) is 17.4. The molecule has 0 radical (unpaired) electrons. The smallest absolute Gasteiger partial charge is 0.277 e. The molecule has 11 nitrogen and oxygen atoms in total. The van der Waals surface area contributed by atoms with E-state index in [9.17, 15) is 25.0 Å². The van der Waals surface area contributed by atoms with Crippen LogP contribution in [0.25, 0.3) is 10.2 Å². The van der Waals surface area contributed by atoms with Gasteiger partial charge in [0.2, 0.25) is 0 Å². The molecule has 0 aliphatic heterocycles. The number of carbonyl (C=O) groups is 1. The molecule has 0 unspecified atom stereocenters. The SMILES string of the molecule is COc1cccc2sc(N(CCN(C)C)C(=O)c3cc([N+](=O)[O-])cc([N+](=O)[O-])c3)nc12.Cl. The highest BCUT2D eigenvalue weighted by Gasteiger charge is 2.26. The van der Waals surface area contributed by atoms with Crippen molar-refractivity contribution in [3.05, 3.63) is 62.2 Å². The third-order valence-corrected chi connectivity index (χ3v) is 5.45. The van der Waals surface area contributed by atoms with Gasteiger partial charge in [-0.2, -0.15) is 0 Å². The highest BCUT2D eigenvalue weighted by atomic mass is 35.5. The van der Waals surface area contributed by atoms with Gasteiger partial charge in [-0.1, -0.05) is 17.4 Å². The molecule has 1 heterocycles. The number of benzene rings is 2. The number of methoxy groups -OCH3 is 1. The van der Waals surface area contributed by atoms with Crippen molar-refractivity contribution in [2.75, 3.05) is 39.2 Å². The molecular formula is C19H20ClN5O6S. The minimum atomic E-state index is -0.767. The highest BCUT2D eigenvalue weighted by molar-refractivity contribution is 7.22. The summed E-state index contributed by atoms with van der Waals surface area (Å²) in [5, 5.41) is 22.8. The summed E-state index contributed by atoms with van der Waals surface area (Å²) in [6, 6.07) is 8.29. The molecule has 0 saturated heterocycles. The molecule has 3 aromatic rings. The number of fused-ring (bicyclic) bond motifs is 1. The van der Waals surface area contributed by atoms with Gasteiger partial charge >= 0.3 is 0 Å². The Morgan fingerprint density at radius 3 is 2.25 bits per heavy atom. The van der Waals surface area contributed by atoms with Gasteiger partial charge in [-0.25, -0.2) is 4.98 Å². The molecule has 3 rings (SSSR count). The molecule has 13 heteroatoms. The Bertz CT molecular complexity index is 1140. The Kier molecular flexibility index (Phi) is 8.02. The molecule has 2 aromatic carbocycles. The van der Waals surface area contributed by atoms with Crippen LogP contribution in [0.1, 0.15) is 10.4 Å². The maximum absolute atomic E-state index is 13.3. The van der Waals surface area contributed by atoms with Gasteiger partial charge in [-0.05, 0) is 26.2 Å². The van der Waals surface area contributed by atoms with Gasteiger partial charge in [-0.15, -0.1) is 12.4 Å². The summed E-state index contributed by atoms with van der Waals surface area (Å²) in [4.78, 5) is 42.0. The monoisotopic (exact) mass is 481 g/mol. The molecule has 1 amide bonds. The Hall–Kier alpha value is -3.35. The molecular weight excluding hydrogens is 462 g/mol. The summed E-state index contributed by atoms with van der Waals surface area (Å²) < 4.78 is 6.12. The number of non-ortho nitro benzene ring substituents is 2. The molecule has 0 aliphatic carbocycles. The summed E-state index contributed by atoms with van der Waals surface area (Å²) in [5.74, 6) is -0.0716. The number of aromatic nitrogens is 1. The second-order valence-electron chi connectivity index (χ2n) is 6.82. The number of para-hydroxylation sites is 1. The van der Waals surface area contributed by atoms with Gasteiger partial charge in [0.15, 0.2) is 5.13 Å². The average molecular weight is 482 g/mol. The van der Waals surface area contributed by atoms with Crippen LogP contribution >= 0.6 is 23.7 Å². The number of halogens is 1. The first-order chi connectivity index (χ1) is 14.7. The number of nitro groups is 2. The number of thiazole rings is 1. The van der Waals surface area contributed by atoms with E-state index in [0.29, 0.717) is 22.9 Å². The Morgan fingerprint density at radius 1 is 1.09 bits per heavy atom. The first-order valence-electron chi connectivity index (χ1n) is 9.05. The number of rotatable bonds is 8. The van der Waals surface area contributed by atoms with Crippen molar-refractivity contribution in [2.45, 2.75) is 0 Å². The number of likely N-dealkylation sites (N-methyl/N-ethyl adjacent to an activating group) is 1. The molecule has 0 aliphatic rings. The summed E-state index contributed by atoms with van der Waals surface area (Å²) >= 11 is 1.26. The van der Waals surface area contributed by atoms with Crippen LogP contribution in [-0.4, -0.2) is 59.9 Å². The quantitative estimate of drug-likeness (QED) is 0.351. The van der Waals surface area contributed by atoms with Crippen LogP contribution in [0.15, 0.2) is 36.4 Å². The third-order valence-electron chi connectivity index (χ3n) is 4.41. The number of carbonyl (C=O) groups excluding carboxylic acids is 1. The lowest BCUT2D eigenvalue weighted by Crippen LogP contribution is -2.36. The van der Waals surface area contributed by atoms with E-state index in [0.717, 1.165) is 22.9 Å². The summed E-state index contributed by atoms with van der Waals surface area (Å²) in [6.07, 6.45) is 0. The Morgan fingerprint density at radius 2 is 1.72 bits per heavy atom. The summed E-state index contributed by atoms with van der Waals surface area (Å²) in [6.45, 7) is 0.709. The van der Waals surface area contributed by atoms with Crippen molar-refractivity contribution < 1.29 is 19.4 Å². The minimum absolute atomic E-state index is 0. The Balaban J connectivity index is 0.00000363. The fourth-order valence-corrected chi connectivity index (χ4v) is 3.87. The van der Waals surface area contributed by atoms with Gasteiger partial charge in [0.25, 0.3) is 17.3 Å². The second kappa shape index (κ2) is 10.3. The molecule has 0 fully saturated rings. The van der Waals surface area contributed by atoms with Crippen LogP contribution < -0.4 is 9.64 Å². The predicted octanol–water partition coefficient (Wildman–Crippen LogP) is 3.75. The Labute approximate surface area is 192 Å². The van der Waals surface area contributed by atoms with Crippen LogP contribution in [0, 0.1) is 20.2 Å². The van der Waals surface area contributed by atoms with Gasteiger partial charge in [0.05, 0.1) is 33.3 Å². The molecule has 0 bridgehead atoms. The standard InChI is InChI=1S/C19H19N5O6S.ClH/c1-21(2)7-8-22(19-20-17-15(30-3)5-4-6-16(17)31-19)18(25)12-9-13(23(26)27)11-14(10-12)24(28)29;/h4-6,9-11H,7-8H2,1-3H3;1H. The molecule has 0 saturated carbocycles. The van der Waals surface area contributed by atoms with Gasteiger partial charge in [0.1, 0.15) is 11.3 Å². The largest absolute Gasteiger partial charge is 0.494 e. The lowest BCUT2D eigenvalue weighted by atomic mass is 10.1. The van der Waals surface area contributed by atoms with Crippen molar-refractivity contribution in [1.29, 1.82) is 0 Å². The van der Waals surface area contributed by atoms with E-state index >= 15 is 0 Å². The number of anilines is 1. The fourth-order valence-electron chi connectivity index (χ4n) is 2.86. The van der Waals surface area contributed by atoms with E-state index in [1.165, 1.54) is 23.3 Å². The third kappa shape index (κ3) is 5.28. The maximum atomic E-state index is 13.3. The molecule has 0 N–H and O–H groups in total. The van der Waals surface area contributed by atoms with E-state index < -0.39 is 27.1 Å². The van der Waals surface area contributed by atoms with Crippen LogP contribution in [0.4, 0.5) is 16.5 Å². The number of amides is 1. The fraction of sp³-hybridized carbons (Fsp3) is 0.263. The number of hydrogen-bond donors (Lipinski definition) is 0. The van der Waals surface area contributed by atoms with Crippen molar-refractivity contribution in [3.8, 4) is 5.75 Å². The van der Waals surface area contributed by atoms with E-state index in [4.69, 9.17) is 4.74 Å². The molecule has 0 atom stereocenters. The maximum Gasteiger partial charge on any atom is 0.277 e. The molecule has 0 spiro atoms. The van der Waals surface area contributed by atoms with Gasteiger partial charge in [0, 0.05) is 25.2 Å². The zero-order chi connectivity index (χ0) is 22.7. The normalized spacial score (nSPS) is 10.6. The second-order valence-corrected chi connectivity index (χ2v) is 7.82. The van der Waals surface area contributed by atoms with Gasteiger partial charge < -0.3 is 9.64 Å². The first kappa shape index (κ1) is 24.9. The first-order valence-corrected chi connectivity index (χ1v) is 9.87. The van der Waals surface area contributed by atoms with Crippen molar-refractivity contribution in [1.82, 2.24) is 9.88 Å². The lowest BCUT2D eigenvalue weighted by Gasteiger charge is -2.22. The van der Waals surface area contributed by atoms with E-state index in [2.05, 4.69) is 4.98 Å². The zero-order valence-corrected chi connectivity index (χ0v) is 19.0. The van der Waals surface area contributed by atoms with Crippen LogP contribution in [0.3, 0.4) is 0 Å². The lowest BCUT2D eigenvalue weighted by molar-refractivity contribution is -0.394. The number of nitro benzene ring substituents is 2. The minimum Gasteiger partial charge on any atom is -0.494 e. The van der Waals surface area contributed by atoms with E-state index in [1.54, 1.807) is 12.1 Å². The topological polar surface area (TPSA) is 132 Å². The van der Waals surface area contributed by atoms with Crippen molar-refractivity contribution >= 4 is 56.4 Å². The van der Waals surface area contributed by atoms with Crippen molar-refractivity contribution in [2.24, 2.45) is 0 Å². The van der Waals surface area contributed by atoms with Gasteiger partial charge in [-0.3, -0.25) is 29.9 Å². The average Bonchev–Trinajstić information content (AvgIpc) is 3.17. The van der Waals surface area contributed by atoms with Crippen LogP contribution in [0.2, 0.25) is 0 Å². The number of nitrogens with zero attached hydrogens (tertiary/aromatic N) is 5.